The van der Waals surface area contributed by atoms with Crippen LogP contribution in [-0.4, -0.2) is 50.6 Å². The summed E-state index contributed by atoms with van der Waals surface area (Å²) in [5.74, 6) is 1.44. The molecule has 2 heterocycles. The van der Waals surface area contributed by atoms with E-state index >= 15 is 0 Å². The first kappa shape index (κ1) is 23.5. The number of hydrogen-bond acceptors (Lipinski definition) is 6. The van der Waals surface area contributed by atoms with Crippen LogP contribution in [-0.2, 0) is 4.79 Å². The van der Waals surface area contributed by atoms with Gasteiger partial charge in [0.2, 0.25) is 0 Å². The molecule has 0 radical (unpaired) electrons. The quantitative estimate of drug-likeness (QED) is 0.530. The van der Waals surface area contributed by atoms with Gasteiger partial charge in [-0.05, 0) is 43.2 Å². The summed E-state index contributed by atoms with van der Waals surface area (Å²) in [6, 6.07) is 20.2. The fraction of sp³-hybridized carbons (Fsp3) is 0.286. The molecule has 3 aromatic carbocycles. The topological polar surface area (TPSA) is 80.3 Å². The van der Waals surface area contributed by atoms with Gasteiger partial charge in [-0.1, -0.05) is 30.3 Å². The van der Waals surface area contributed by atoms with Gasteiger partial charge in [-0.2, -0.15) is 0 Å². The standard InChI is InChI=1S/C28H29N3O5/c1-34-19-13-14-23(25(17-19)35-2)31-27(29-22-11-5-3-9-20(22)28(31)33)21-10-4-6-12-24(21)36-18-26(32)30-15-7-8-16-30/h3-6,9-14,17,27,29H,7-8,15-16,18H2,1-2H3. The predicted molar refractivity (Wildman–Crippen MR) is 137 cm³/mol. The van der Waals surface area contributed by atoms with Gasteiger partial charge in [-0.25, -0.2) is 0 Å². The van der Waals surface area contributed by atoms with Crippen molar-refractivity contribution in [1.82, 2.24) is 4.90 Å². The van der Waals surface area contributed by atoms with Crippen LogP contribution >= 0.6 is 0 Å². The van der Waals surface area contributed by atoms with Crippen molar-refractivity contribution < 1.29 is 23.8 Å². The SMILES string of the molecule is COc1ccc(N2C(=O)c3ccccc3NC2c2ccccc2OCC(=O)N2CCCC2)c(OC)c1. The zero-order valence-corrected chi connectivity index (χ0v) is 20.4. The van der Waals surface area contributed by atoms with Crippen LogP contribution in [0.3, 0.4) is 0 Å². The minimum atomic E-state index is -0.604. The van der Waals surface area contributed by atoms with E-state index < -0.39 is 6.17 Å². The fourth-order valence-electron chi connectivity index (χ4n) is 4.74. The molecule has 3 aromatic rings. The van der Waals surface area contributed by atoms with Gasteiger partial charge in [-0.3, -0.25) is 14.5 Å². The van der Waals surface area contributed by atoms with Crippen molar-refractivity contribution in [3.63, 3.8) is 0 Å². The summed E-state index contributed by atoms with van der Waals surface area (Å²) < 4.78 is 17.0. The number of nitrogens with one attached hydrogen (secondary N) is 1. The minimum Gasteiger partial charge on any atom is -0.497 e. The van der Waals surface area contributed by atoms with Crippen molar-refractivity contribution in [2.75, 3.05) is 44.1 Å². The summed E-state index contributed by atoms with van der Waals surface area (Å²) in [6.45, 7) is 1.48. The number of rotatable bonds is 7. The summed E-state index contributed by atoms with van der Waals surface area (Å²) in [5.41, 5.74) is 2.58. The molecule has 2 aliphatic rings. The van der Waals surface area contributed by atoms with Gasteiger partial charge >= 0.3 is 0 Å². The zero-order valence-electron chi connectivity index (χ0n) is 20.4. The maximum absolute atomic E-state index is 13.9. The number of ether oxygens (including phenoxy) is 3. The van der Waals surface area contributed by atoms with E-state index in [1.807, 2.05) is 47.4 Å². The van der Waals surface area contributed by atoms with Gasteiger partial charge in [0, 0.05) is 30.4 Å². The van der Waals surface area contributed by atoms with Crippen LogP contribution in [0, 0.1) is 0 Å². The number of para-hydroxylation sites is 2. The molecule has 1 N–H and O–H groups in total. The first-order chi connectivity index (χ1) is 17.6. The second kappa shape index (κ2) is 10.2. The Kier molecular flexibility index (Phi) is 6.66. The Morgan fingerprint density at radius 1 is 0.944 bits per heavy atom. The molecular formula is C28H29N3O5. The Hall–Kier alpha value is -4.20. The van der Waals surface area contributed by atoms with Crippen molar-refractivity contribution in [2.45, 2.75) is 19.0 Å². The molecule has 1 atom stereocenters. The Morgan fingerprint density at radius 3 is 2.47 bits per heavy atom. The average Bonchev–Trinajstić information content (AvgIpc) is 3.47. The number of methoxy groups -OCH3 is 2. The van der Waals surface area contributed by atoms with Crippen LogP contribution in [0.4, 0.5) is 11.4 Å². The van der Waals surface area contributed by atoms with E-state index in [0.29, 0.717) is 28.5 Å². The third-order valence-electron chi connectivity index (χ3n) is 6.60. The van der Waals surface area contributed by atoms with Gasteiger partial charge in [0.1, 0.15) is 23.4 Å². The molecule has 0 aromatic heterocycles. The van der Waals surface area contributed by atoms with E-state index in [2.05, 4.69) is 5.32 Å². The number of nitrogens with zero attached hydrogens (tertiary/aromatic N) is 2. The highest BCUT2D eigenvalue weighted by Gasteiger charge is 2.37. The molecule has 8 nitrogen and oxygen atoms in total. The van der Waals surface area contributed by atoms with E-state index in [1.54, 1.807) is 43.4 Å². The number of fused-ring (bicyclic) bond motifs is 1. The molecule has 2 aliphatic heterocycles. The summed E-state index contributed by atoms with van der Waals surface area (Å²) >= 11 is 0. The molecule has 0 spiro atoms. The van der Waals surface area contributed by atoms with Gasteiger partial charge in [0.05, 0.1) is 25.5 Å². The molecule has 1 fully saturated rings. The lowest BCUT2D eigenvalue weighted by Gasteiger charge is -2.39. The van der Waals surface area contributed by atoms with Gasteiger partial charge in [-0.15, -0.1) is 0 Å². The highest BCUT2D eigenvalue weighted by atomic mass is 16.5. The van der Waals surface area contributed by atoms with Crippen molar-refractivity contribution in [1.29, 1.82) is 0 Å². The molecular weight excluding hydrogens is 458 g/mol. The smallest absolute Gasteiger partial charge is 0.262 e. The molecule has 0 bridgehead atoms. The number of anilines is 2. The number of hydrogen-bond donors (Lipinski definition) is 1. The molecule has 8 heteroatoms. The second-order valence-electron chi connectivity index (χ2n) is 8.72. The average molecular weight is 488 g/mol. The molecule has 1 unspecified atom stereocenters. The first-order valence-electron chi connectivity index (χ1n) is 12.0. The molecule has 186 valence electrons. The maximum atomic E-state index is 13.9. The molecule has 0 aliphatic carbocycles. The predicted octanol–water partition coefficient (Wildman–Crippen LogP) is 4.48. The van der Waals surface area contributed by atoms with Crippen molar-refractivity contribution in [2.24, 2.45) is 0 Å². The van der Waals surface area contributed by atoms with Crippen LogP contribution in [0.15, 0.2) is 66.7 Å². The summed E-state index contributed by atoms with van der Waals surface area (Å²) in [7, 11) is 3.14. The number of amides is 2. The lowest BCUT2D eigenvalue weighted by molar-refractivity contribution is -0.132. The fourth-order valence-corrected chi connectivity index (χ4v) is 4.74. The van der Waals surface area contributed by atoms with Gasteiger partial charge in [0.15, 0.2) is 6.61 Å². The van der Waals surface area contributed by atoms with Crippen molar-refractivity contribution in [3.05, 3.63) is 77.9 Å². The Labute approximate surface area is 210 Å². The number of likely N-dealkylation sites (tertiary alicyclic amines) is 1. The van der Waals surface area contributed by atoms with E-state index in [9.17, 15) is 9.59 Å². The molecule has 36 heavy (non-hydrogen) atoms. The lowest BCUT2D eigenvalue weighted by atomic mass is 10.0. The molecule has 1 saturated heterocycles. The van der Waals surface area contributed by atoms with Crippen LogP contribution in [0.5, 0.6) is 17.2 Å². The van der Waals surface area contributed by atoms with E-state index in [0.717, 1.165) is 37.2 Å². The van der Waals surface area contributed by atoms with Gasteiger partial charge in [0.25, 0.3) is 11.8 Å². The Balaban J connectivity index is 1.54. The highest BCUT2D eigenvalue weighted by Crippen LogP contribution is 2.43. The largest absolute Gasteiger partial charge is 0.497 e. The molecule has 5 rings (SSSR count). The van der Waals surface area contributed by atoms with Crippen molar-refractivity contribution in [3.8, 4) is 17.2 Å². The van der Waals surface area contributed by atoms with Crippen LogP contribution in [0.2, 0.25) is 0 Å². The first-order valence-corrected chi connectivity index (χ1v) is 12.0. The second-order valence-corrected chi connectivity index (χ2v) is 8.72. The third-order valence-corrected chi connectivity index (χ3v) is 6.60. The normalized spacial score (nSPS) is 16.8. The lowest BCUT2D eigenvalue weighted by Crippen LogP contribution is -2.43. The monoisotopic (exact) mass is 487 g/mol. The molecule has 0 saturated carbocycles. The Bertz CT molecular complexity index is 1270. The summed E-state index contributed by atoms with van der Waals surface area (Å²) in [6.07, 6.45) is 1.44. The van der Waals surface area contributed by atoms with Crippen LogP contribution in [0.1, 0.15) is 34.9 Å². The van der Waals surface area contributed by atoms with Gasteiger partial charge < -0.3 is 24.4 Å². The summed E-state index contributed by atoms with van der Waals surface area (Å²) in [4.78, 5) is 30.0. The van der Waals surface area contributed by atoms with Crippen molar-refractivity contribution >= 4 is 23.2 Å². The molecule has 2 amide bonds. The minimum absolute atomic E-state index is 0.0333. The summed E-state index contributed by atoms with van der Waals surface area (Å²) in [5, 5.41) is 3.50. The number of carbonyl (C=O) groups is 2. The highest BCUT2D eigenvalue weighted by molar-refractivity contribution is 6.12. The number of benzene rings is 3. The zero-order chi connectivity index (χ0) is 25.1. The van der Waals surface area contributed by atoms with E-state index in [-0.39, 0.29) is 18.4 Å². The van der Waals surface area contributed by atoms with E-state index in [4.69, 9.17) is 14.2 Å². The maximum Gasteiger partial charge on any atom is 0.262 e. The van der Waals surface area contributed by atoms with E-state index in [1.165, 1.54) is 0 Å². The van der Waals surface area contributed by atoms with Crippen LogP contribution < -0.4 is 24.4 Å². The Morgan fingerprint density at radius 2 is 1.69 bits per heavy atom. The number of carbonyl (C=O) groups excluding carboxylic acids is 2. The third kappa shape index (κ3) is 4.42. The van der Waals surface area contributed by atoms with Crippen LogP contribution in [0.25, 0.3) is 0 Å².